The number of nitro benzene ring substituents is 1. The monoisotopic (exact) mass is 279 g/mol. The number of piperazine rings is 1. The zero-order valence-electron chi connectivity index (χ0n) is 12.2. The van der Waals surface area contributed by atoms with Gasteiger partial charge in [-0.25, -0.2) is 0 Å². The molecule has 1 aliphatic heterocycles. The molecule has 1 fully saturated rings. The number of nitro groups is 1. The number of nitrogens with zero attached hydrogens (tertiary/aromatic N) is 3. The zero-order chi connectivity index (χ0) is 14.9. The molecule has 0 amide bonds. The minimum atomic E-state index is -0.434. The van der Waals surface area contributed by atoms with E-state index in [0.717, 1.165) is 25.3 Å². The summed E-state index contributed by atoms with van der Waals surface area (Å²) >= 11 is 0. The van der Waals surface area contributed by atoms with Crippen LogP contribution >= 0.6 is 0 Å². The van der Waals surface area contributed by atoms with Crippen LogP contribution in [-0.2, 0) is 6.61 Å². The summed E-state index contributed by atoms with van der Waals surface area (Å²) in [6.07, 6.45) is 0. The first kappa shape index (κ1) is 14.7. The molecule has 0 saturated carbocycles. The third kappa shape index (κ3) is 2.76. The Labute approximate surface area is 118 Å². The van der Waals surface area contributed by atoms with Gasteiger partial charge in [-0.15, -0.1) is 0 Å². The number of hydrogen-bond donors (Lipinski definition) is 1. The number of non-ortho nitro benzene ring substituents is 1. The Hall–Kier alpha value is -1.66. The number of rotatable bonds is 3. The van der Waals surface area contributed by atoms with Crippen LogP contribution in [0.3, 0.4) is 0 Å². The molecule has 6 heteroatoms. The second-order valence-electron chi connectivity index (χ2n) is 5.88. The quantitative estimate of drug-likeness (QED) is 0.672. The van der Waals surface area contributed by atoms with Gasteiger partial charge in [0.05, 0.1) is 11.5 Å². The van der Waals surface area contributed by atoms with Gasteiger partial charge >= 0.3 is 0 Å². The Kier molecular flexibility index (Phi) is 3.96. The van der Waals surface area contributed by atoms with Crippen molar-refractivity contribution in [3.63, 3.8) is 0 Å². The van der Waals surface area contributed by atoms with Crippen molar-refractivity contribution in [1.82, 2.24) is 4.90 Å². The molecule has 0 unspecified atom stereocenters. The molecule has 0 spiro atoms. The van der Waals surface area contributed by atoms with E-state index in [9.17, 15) is 15.2 Å². The predicted molar refractivity (Wildman–Crippen MR) is 77.9 cm³/mol. The Balaban J connectivity index is 2.31. The summed E-state index contributed by atoms with van der Waals surface area (Å²) < 4.78 is 0. The van der Waals surface area contributed by atoms with Gasteiger partial charge in [0.1, 0.15) is 0 Å². The zero-order valence-corrected chi connectivity index (χ0v) is 12.2. The molecule has 1 N–H and O–H groups in total. The third-order valence-electron chi connectivity index (χ3n) is 4.10. The van der Waals surface area contributed by atoms with Gasteiger partial charge in [-0.05, 0) is 27.0 Å². The van der Waals surface area contributed by atoms with Gasteiger partial charge in [0.15, 0.2) is 0 Å². The second kappa shape index (κ2) is 5.38. The third-order valence-corrected chi connectivity index (χ3v) is 4.10. The molecule has 0 atom stereocenters. The summed E-state index contributed by atoms with van der Waals surface area (Å²) in [5.41, 5.74) is 1.55. The lowest BCUT2D eigenvalue weighted by Gasteiger charge is -2.46. The molecule has 0 radical (unpaired) electrons. The topological polar surface area (TPSA) is 69.9 Å². The van der Waals surface area contributed by atoms with Crippen LogP contribution in [0.4, 0.5) is 11.4 Å². The number of likely N-dealkylation sites (N-methyl/N-ethyl adjacent to an activating group) is 1. The fourth-order valence-electron chi connectivity index (χ4n) is 2.57. The van der Waals surface area contributed by atoms with E-state index in [0.29, 0.717) is 5.56 Å². The minimum absolute atomic E-state index is 0.0196. The summed E-state index contributed by atoms with van der Waals surface area (Å²) in [5, 5.41) is 20.3. The standard InChI is InChI=1S/C14H21N3O3/c1-14(2)10-16(7-6-15(14)3)13-5-4-12(17(19)20)8-11(13)9-18/h4-5,8,18H,6-7,9-10H2,1-3H3. The molecular weight excluding hydrogens is 258 g/mol. The highest BCUT2D eigenvalue weighted by Crippen LogP contribution is 2.29. The van der Waals surface area contributed by atoms with Gasteiger partial charge in [-0.2, -0.15) is 0 Å². The summed E-state index contributed by atoms with van der Waals surface area (Å²) in [6.45, 7) is 6.75. The van der Waals surface area contributed by atoms with E-state index in [1.54, 1.807) is 6.07 Å². The maximum absolute atomic E-state index is 10.8. The summed E-state index contributed by atoms with van der Waals surface area (Å²) in [5.74, 6) is 0. The fourth-order valence-corrected chi connectivity index (χ4v) is 2.57. The fraction of sp³-hybridized carbons (Fsp3) is 0.571. The first-order valence-electron chi connectivity index (χ1n) is 6.69. The van der Waals surface area contributed by atoms with Gasteiger partial charge in [-0.1, -0.05) is 0 Å². The van der Waals surface area contributed by atoms with Gasteiger partial charge in [0.2, 0.25) is 0 Å². The van der Waals surface area contributed by atoms with Crippen molar-refractivity contribution in [1.29, 1.82) is 0 Å². The maximum atomic E-state index is 10.8. The van der Waals surface area contributed by atoms with Crippen molar-refractivity contribution < 1.29 is 10.0 Å². The molecule has 110 valence electrons. The van der Waals surface area contributed by atoms with E-state index in [1.165, 1.54) is 12.1 Å². The molecule has 1 aromatic carbocycles. The Bertz CT molecular complexity index is 516. The van der Waals surface area contributed by atoms with Crippen LogP contribution in [-0.4, -0.2) is 47.2 Å². The maximum Gasteiger partial charge on any atom is 0.269 e. The van der Waals surface area contributed by atoms with Crippen LogP contribution in [0.5, 0.6) is 0 Å². The molecule has 0 aromatic heterocycles. The summed E-state index contributed by atoms with van der Waals surface area (Å²) in [4.78, 5) is 14.9. The van der Waals surface area contributed by atoms with Crippen molar-refractivity contribution in [3.05, 3.63) is 33.9 Å². The van der Waals surface area contributed by atoms with Crippen molar-refractivity contribution in [2.24, 2.45) is 0 Å². The average Bonchev–Trinajstić information content (AvgIpc) is 2.41. The molecule has 0 bridgehead atoms. The summed E-state index contributed by atoms with van der Waals surface area (Å²) in [7, 11) is 2.10. The van der Waals surface area contributed by atoms with Crippen LogP contribution in [0, 0.1) is 10.1 Å². The molecule has 1 aliphatic rings. The highest BCUT2D eigenvalue weighted by Gasteiger charge is 2.32. The van der Waals surface area contributed by atoms with Crippen LogP contribution in [0.2, 0.25) is 0 Å². The van der Waals surface area contributed by atoms with Crippen LogP contribution in [0.1, 0.15) is 19.4 Å². The first-order chi connectivity index (χ1) is 9.35. The lowest BCUT2D eigenvalue weighted by atomic mass is 9.98. The number of hydrogen-bond acceptors (Lipinski definition) is 5. The minimum Gasteiger partial charge on any atom is -0.392 e. The van der Waals surface area contributed by atoms with E-state index in [-0.39, 0.29) is 17.8 Å². The van der Waals surface area contributed by atoms with Gasteiger partial charge < -0.3 is 10.0 Å². The normalized spacial score (nSPS) is 19.1. The predicted octanol–water partition coefficient (Wildman–Crippen LogP) is 1.62. The molecule has 20 heavy (non-hydrogen) atoms. The Morgan fingerprint density at radius 2 is 2.10 bits per heavy atom. The largest absolute Gasteiger partial charge is 0.392 e. The number of anilines is 1. The van der Waals surface area contributed by atoms with Gasteiger partial charge in [0, 0.05) is 48.6 Å². The van der Waals surface area contributed by atoms with E-state index in [2.05, 4.69) is 30.7 Å². The average molecular weight is 279 g/mol. The summed E-state index contributed by atoms with van der Waals surface area (Å²) in [6, 6.07) is 4.70. The van der Waals surface area contributed by atoms with Gasteiger partial charge in [-0.3, -0.25) is 15.0 Å². The van der Waals surface area contributed by atoms with Crippen LogP contribution in [0.15, 0.2) is 18.2 Å². The molecule has 1 saturated heterocycles. The SMILES string of the molecule is CN1CCN(c2ccc([N+](=O)[O-])cc2CO)CC1(C)C. The second-order valence-corrected chi connectivity index (χ2v) is 5.88. The number of aliphatic hydroxyl groups excluding tert-OH is 1. The van der Waals surface area contributed by atoms with E-state index >= 15 is 0 Å². The highest BCUT2D eigenvalue weighted by molar-refractivity contribution is 5.58. The highest BCUT2D eigenvalue weighted by atomic mass is 16.6. The van der Waals surface area contributed by atoms with Crippen molar-refractivity contribution in [3.8, 4) is 0 Å². The number of aliphatic hydroxyl groups is 1. The van der Waals surface area contributed by atoms with Crippen molar-refractivity contribution in [2.75, 3.05) is 31.6 Å². The smallest absolute Gasteiger partial charge is 0.269 e. The van der Waals surface area contributed by atoms with E-state index < -0.39 is 4.92 Å². The molecule has 6 nitrogen and oxygen atoms in total. The molecule has 1 heterocycles. The molecule has 1 aromatic rings. The lowest BCUT2D eigenvalue weighted by molar-refractivity contribution is -0.384. The molecule has 0 aliphatic carbocycles. The number of benzene rings is 1. The van der Waals surface area contributed by atoms with Crippen LogP contribution < -0.4 is 4.90 Å². The lowest BCUT2D eigenvalue weighted by Crippen LogP contribution is -2.57. The molecular formula is C14H21N3O3. The molecule has 2 rings (SSSR count). The van der Waals surface area contributed by atoms with E-state index in [1.807, 2.05) is 0 Å². The van der Waals surface area contributed by atoms with Gasteiger partial charge in [0.25, 0.3) is 5.69 Å². The Morgan fingerprint density at radius 3 is 2.65 bits per heavy atom. The van der Waals surface area contributed by atoms with Crippen molar-refractivity contribution in [2.45, 2.75) is 26.0 Å². The van der Waals surface area contributed by atoms with Crippen LogP contribution in [0.25, 0.3) is 0 Å². The Morgan fingerprint density at radius 1 is 1.40 bits per heavy atom. The van der Waals surface area contributed by atoms with E-state index in [4.69, 9.17) is 0 Å². The first-order valence-corrected chi connectivity index (χ1v) is 6.69. The van der Waals surface area contributed by atoms with Crippen molar-refractivity contribution >= 4 is 11.4 Å².